The molecule has 5 rings (SSSR count). The van der Waals surface area contributed by atoms with Crippen LogP contribution >= 0.6 is 0 Å². The predicted molar refractivity (Wildman–Crippen MR) is 117 cm³/mol. The first-order chi connectivity index (χ1) is 14.2. The van der Waals surface area contributed by atoms with Crippen molar-refractivity contribution in [3.8, 4) is 0 Å². The molecule has 29 heavy (non-hydrogen) atoms. The van der Waals surface area contributed by atoms with Gasteiger partial charge in [-0.15, -0.1) is 0 Å². The Balaban J connectivity index is 1.40. The number of furan rings is 1. The number of nitrogens with one attached hydrogen (secondary N) is 1. The van der Waals surface area contributed by atoms with E-state index in [1.165, 1.54) is 44.3 Å². The molecule has 2 aliphatic rings. The van der Waals surface area contributed by atoms with Crippen LogP contribution in [0.1, 0.15) is 60.0 Å². The van der Waals surface area contributed by atoms with Crippen LogP contribution in [0.5, 0.6) is 0 Å². The van der Waals surface area contributed by atoms with E-state index >= 15 is 0 Å². The third-order valence-corrected chi connectivity index (χ3v) is 6.76. The van der Waals surface area contributed by atoms with Crippen molar-refractivity contribution in [3.63, 3.8) is 0 Å². The number of hydrogen-bond donors (Lipinski definition) is 1. The molecule has 4 nitrogen and oxygen atoms in total. The molecule has 1 aromatic heterocycles. The molecular formula is C25H28N2O2. The first kappa shape index (κ1) is 18.4. The van der Waals surface area contributed by atoms with Gasteiger partial charge >= 0.3 is 0 Å². The number of nitrogens with zero attached hydrogens (tertiary/aromatic N) is 1. The van der Waals surface area contributed by atoms with Gasteiger partial charge in [-0.1, -0.05) is 25.1 Å². The molecule has 1 amide bonds. The van der Waals surface area contributed by atoms with E-state index in [2.05, 4.69) is 23.2 Å². The lowest BCUT2D eigenvalue weighted by Gasteiger charge is -2.34. The zero-order valence-electron chi connectivity index (χ0n) is 17.0. The Bertz CT molecular complexity index is 1040. The largest absolute Gasteiger partial charge is 0.464 e. The molecule has 0 saturated carbocycles. The minimum absolute atomic E-state index is 0.0499. The number of piperidine rings is 1. The summed E-state index contributed by atoms with van der Waals surface area (Å²) < 4.78 is 5.87. The van der Waals surface area contributed by atoms with Gasteiger partial charge in [-0.25, -0.2) is 0 Å². The van der Waals surface area contributed by atoms with Crippen LogP contribution in [-0.2, 0) is 6.42 Å². The SMILES string of the molecule is CCc1ccccc1C(=O)Nc1ccc2occ(C3CCN4CCCC4C3)c2c1. The molecule has 150 valence electrons. The Morgan fingerprint density at radius 3 is 2.97 bits per heavy atom. The minimum Gasteiger partial charge on any atom is -0.464 e. The maximum atomic E-state index is 12.8. The van der Waals surface area contributed by atoms with Crippen molar-refractivity contribution in [1.29, 1.82) is 0 Å². The van der Waals surface area contributed by atoms with Gasteiger partial charge < -0.3 is 14.6 Å². The molecule has 3 heterocycles. The molecular weight excluding hydrogens is 360 g/mol. The highest BCUT2D eigenvalue weighted by Gasteiger charge is 2.33. The van der Waals surface area contributed by atoms with Crippen LogP contribution in [0.25, 0.3) is 11.0 Å². The molecule has 2 fully saturated rings. The average molecular weight is 389 g/mol. The lowest BCUT2D eigenvalue weighted by molar-refractivity contribution is 0.102. The highest BCUT2D eigenvalue weighted by Crippen LogP contribution is 2.40. The summed E-state index contributed by atoms with van der Waals surface area (Å²) >= 11 is 0. The van der Waals surface area contributed by atoms with Crippen molar-refractivity contribution in [2.24, 2.45) is 0 Å². The van der Waals surface area contributed by atoms with E-state index in [1.54, 1.807) is 0 Å². The summed E-state index contributed by atoms with van der Waals surface area (Å²) in [6.45, 7) is 4.52. The van der Waals surface area contributed by atoms with Gasteiger partial charge in [0.1, 0.15) is 5.58 Å². The summed E-state index contributed by atoms with van der Waals surface area (Å²) in [4.78, 5) is 15.5. The van der Waals surface area contributed by atoms with Crippen LogP contribution in [0, 0.1) is 0 Å². The van der Waals surface area contributed by atoms with Crippen LogP contribution < -0.4 is 5.32 Å². The van der Waals surface area contributed by atoms with Gasteiger partial charge in [0.2, 0.25) is 0 Å². The Labute approximate surface area is 171 Å². The van der Waals surface area contributed by atoms with E-state index in [1.807, 2.05) is 42.7 Å². The highest BCUT2D eigenvalue weighted by atomic mass is 16.3. The zero-order valence-corrected chi connectivity index (χ0v) is 17.0. The van der Waals surface area contributed by atoms with Gasteiger partial charge in [0.15, 0.2) is 0 Å². The van der Waals surface area contributed by atoms with E-state index in [4.69, 9.17) is 4.42 Å². The van der Waals surface area contributed by atoms with Gasteiger partial charge in [-0.3, -0.25) is 4.79 Å². The van der Waals surface area contributed by atoms with Crippen LogP contribution in [0.15, 0.2) is 53.1 Å². The maximum absolute atomic E-state index is 12.8. The Morgan fingerprint density at radius 1 is 1.17 bits per heavy atom. The fourth-order valence-electron chi connectivity index (χ4n) is 5.20. The zero-order chi connectivity index (χ0) is 19.8. The highest BCUT2D eigenvalue weighted by molar-refractivity contribution is 6.06. The molecule has 2 unspecified atom stereocenters. The molecule has 0 bridgehead atoms. The van der Waals surface area contributed by atoms with Crippen LogP contribution in [-0.4, -0.2) is 29.9 Å². The van der Waals surface area contributed by atoms with Crippen LogP contribution in [0.4, 0.5) is 5.69 Å². The van der Waals surface area contributed by atoms with Gasteiger partial charge in [0.25, 0.3) is 5.91 Å². The normalized spacial score (nSPS) is 22.0. The lowest BCUT2D eigenvalue weighted by Crippen LogP contribution is -2.37. The van der Waals surface area contributed by atoms with Crippen molar-refractivity contribution in [2.45, 2.75) is 51.0 Å². The van der Waals surface area contributed by atoms with Crippen molar-refractivity contribution >= 4 is 22.6 Å². The first-order valence-corrected chi connectivity index (χ1v) is 10.9. The molecule has 2 atom stereocenters. The number of aryl methyl sites for hydroxylation is 1. The second-order valence-electron chi connectivity index (χ2n) is 8.42. The molecule has 0 spiro atoms. The minimum atomic E-state index is -0.0499. The van der Waals surface area contributed by atoms with Gasteiger partial charge in [0, 0.05) is 28.2 Å². The number of carbonyl (C=O) groups is 1. The molecule has 0 radical (unpaired) electrons. The van der Waals surface area contributed by atoms with Gasteiger partial charge in [0.05, 0.1) is 6.26 Å². The topological polar surface area (TPSA) is 45.5 Å². The smallest absolute Gasteiger partial charge is 0.255 e. The number of carbonyl (C=O) groups excluding carboxylic acids is 1. The van der Waals surface area contributed by atoms with Crippen LogP contribution in [0.3, 0.4) is 0 Å². The van der Waals surface area contributed by atoms with E-state index in [9.17, 15) is 4.79 Å². The lowest BCUT2D eigenvalue weighted by atomic mass is 9.85. The third kappa shape index (κ3) is 3.46. The number of anilines is 1. The maximum Gasteiger partial charge on any atom is 0.255 e. The molecule has 3 aromatic rings. The molecule has 2 aliphatic heterocycles. The summed E-state index contributed by atoms with van der Waals surface area (Å²) in [5, 5.41) is 4.23. The molecule has 1 N–H and O–H groups in total. The standard InChI is InChI=1S/C25H28N2O2/c1-2-17-6-3-4-8-21(17)25(28)26-19-9-10-24-22(15-19)23(16-29-24)18-11-13-27-12-5-7-20(27)14-18/h3-4,6,8-10,15-16,18,20H,2,5,7,11-14H2,1H3,(H,26,28). The number of amides is 1. The summed E-state index contributed by atoms with van der Waals surface area (Å²) in [7, 11) is 0. The van der Waals surface area contributed by atoms with E-state index in [-0.39, 0.29) is 5.91 Å². The first-order valence-electron chi connectivity index (χ1n) is 10.9. The van der Waals surface area contributed by atoms with Crippen molar-refractivity contribution in [3.05, 3.63) is 65.4 Å². The Morgan fingerprint density at radius 2 is 2.07 bits per heavy atom. The number of fused-ring (bicyclic) bond motifs is 2. The van der Waals surface area contributed by atoms with Crippen molar-refractivity contribution in [2.75, 3.05) is 18.4 Å². The molecule has 2 aromatic carbocycles. The molecule has 2 saturated heterocycles. The summed E-state index contributed by atoms with van der Waals surface area (Å²) in [6, 6.07) is 14.5. The fraction of sp³-hybridized carbons (Fsp3) is 0.400. The number of benzene rings is 2. The summed E-state index contributed by atoms with van der Waals surface area (Å²) in [5.74, 6) is 0.494. The van der Waals surface area contributed by atoms with Crippen LogP contribution in [0.2, 0.25) is 0 Å². The van der Waals surface area contributed by atoms with Gasteiger partial charge in [-0.2, -0.15) is 0 Å². The third-order valence-electron chi connectivity index (χ3n) is 6.76. The Kier molecular flexibility index (Phi) is 4.88. The second kappa shape index (κ2) is 7.68. The van der Waals surface area contributed by atoms with Crippen molar-refractivity contribution < 1.29 is 9.21 Å². The quantitative estimate of drug-likeness (QED) is 0.634. The fourth-order valence-corrected chi connectivity index (χ4v) is 5.20. The average Bonchev–Trinajstić information content (AvgIpc) is 3.39. The summed E-state index contributed by atoms with van der Waals surface area (Å²) in [5.41, 5.74) is 4.85. The number of rotatable bonds is 4. The van der Waals surface area contributed by atoms with Crippen molar-refractivity contribution in [1.82, 2.24) is 4.90 Å². The molecule has 0 aliphatic carbocycles. The number of hydrogen-bond acceptors (Lipinski definition) is 3. The van der Waals surface area contributed by atoms with E-state index < -0.39 is 0 Å². The monoisotopic (exact) mass is 388 g/mol. The predicted octanol–water partition coefficient (Wildman–Crippen LogP) is 5.59. The molecule has 4 heteroatoms. The Hall–Kier alpha value is -2.59. The van der Waals surface area contributed by atoms with Gasteiger partial charge in [-0.05, 0) is 80.9 Å². The van der Waals surface area contributed by atoms with E-state index in [0.717, 1.165) is 40.2 Å². The summed E-state index contributed by atoms with van der Waals surface area (Å²) in [6.07, 6.45) is 7.84. The van der Waals surface area contributed by atoms with E-state index in [0.29, 0.717) is 5.92 Å². The second-order valence-corrected chi connectivity index (χ2v) is 8.42.